The lowest BCUT2D eigenvalue weighted by Crippen LogP contribution is -2.42. The molecule has 0 spiro atoms. The minimum absolute atomic E-state index is 0.0373. The van der Waals surface area contributed by atoms with Crippen molar-refractivity contribution in [2.24, 2.45) is 0 Å². The van der Waals surface area contributed by atoms with Gasteiger partial charge in [0.1, 0.15) is 22.6 Å². The number of imidazole rings is 1. The molecule has 0 saturated heterocycles. The molecule has 3 aromatic heterocycles. The van der Waals surface area contributed by atoms with E-state index in [9.17, 15) is 23.5 Å². The highest BCUT2D eigenvalue weighted by Gasteiger charge is 2.48. The van der Waals surface area contributed by atoms with Crippen molar-refractivity contribution in [2.45, 2.75) is 24.9 Å². The number of benzene rings is 1. The number of alkyl halides is 2. The monoisotopic (exact) mass is 521 g/mol. The average Bonchev–Trinajstić information content (AvgIpc) is 3.41. The topological polar surface area (TPSA) is 115 Å². The maximum Gasteiger partial charge on any atom is 0.264 e. The summed E-state index contributed by atoms with van der Waals surface area (Å²) in [6.07, 6.45) is -0.314. The summed E-state index contributed by atoms with van der Waals surface area (Å²) in [5.74, 6) is -0.739. The van der Waals surface area contributed by atoms with Gasteiger partial charge in [0.15, 0.2) is 6.20 Å². The molecule has 1 aliphatic carbocycles. The summed E-state index contributed by atoms with van der Waals surface area (Å²) in [7, 11) is 0. The van der Waals surface area contributed by atoms with Gasteiger partial charge in [0.2, 0.25) is 11.3 Å². The average molecular weight is 522 g/mol. The van der Waals surface area contributed by atoms with Gasteiger partial charge in [-0.25, -0.2) is 23.1 Å². The van der Waals surface area contributed by atoms with Crippen LogP contribution in [0.2, 0.25) is 10.2 Å². The van der Waals surface area contributed by atoms with Crippen molar-refractivity contribution in [1.29, 1.82) is 0 Å². The highest BCUT2D eigenvalue weighted by Crippen LogP contribution is 2.42. The van der Waals surface area contributed by atoms with Crippen LogP contribution in [0, 0.1) is 11.0 Å². The molecule has 1 aromatic carbocycles. The zero-order chi connectivity index (χ0) is 25.1. The van der Waals surface area contributed by atoms with E-state index in [1.54, 1.807) is 12.1 Å². The number of halogens is 5. The van der Waals surface area contributed by atoms with E-state index in [1.165, 1.54) is 12.3 Å². The first-order valence-corrected chi connectivity index (χ1v) is 11.1. The SMILES string of the molecule is Nc1ccc(-c2cnc(C3(O)CCc4cc(-c5c(C(F)F)ccc(Cl)c5F)c[n+]([O-])c43)[nH]2)c(Cl)n1. The number of aromatic amines is 1. The van der Waals surface area contributed by atoms with Crippen molar-refractivity contribution in [1.82, 2.24) is 15.0 Å². The number of H-pyrrole nitrogens is 1. The second-order valence-electron chi connectivity index (χ2n) is 8.13. The minimum Gasteiger partial charge on any atom is -0.618 e. The molecule has 180 valence electrons. The molecule has 5 rings (SSSR count). The molecule has 0 amide bonds. The summed E-state index contributed by atoms with van der Waals surface area (Å²) in [6.45, 7) is 0. The van der Waals surface area contributed by atoms with Gasteiger partial charge < -0.3 is 21.0 Å². The molecule has 35 heavy (non-hydrogen) atoms. The molecular weight excluding hydrogens is 506 g/mol. The first-order chi connectivity index (χ1) is 16.6. The highest BCUT2D eigenvalue weighted by atomic mass is 35.5. The van der Waals surface area contributed by atoms with Crippen LogP contribution >= 0.6 is 23.2 Å². The molecule has 7 nitrogen and oxygen atoms in total. The summed E-state index contributed by atoms with van der Waals surface area (Å²) in [4.78, 5) is 11.2. The smallest absolute Gasteiger partial charge is 0.264 e. The molecule has 0 fully saturated rings. The van der Waals surface area contributed by atoms with Crippen molar-refractivity contribution in [3.63, 3.8) is 0 Å². The van der Waals surface area contributed by atoms with E-state index in [1.807, 2.05) is 0 Å². The number of hydrogen-bond donors (Lipinski definition) is 3. The number of hydrogen-bond acceptors (Lipinski definition) is 5. The van der Waals surface area contributed by atoms with E-state index in [0.717, 1.165) is 18.3 Å². The van der Waals surface area contributed by atoms with Gasteiger partial charge in [0.05, 0.1) is 22.5 Å². The normalized spacial score (nSPS) is 17.2. The summed E-state index contributed by atoms with van der Waals surface area (Å²) in [6, 6.07) is 6.65. The molecule has 0 bridgehead atoms. The lowest BCUT2D eigenvalue weighted by molar-refractivity contribution is -0.620. The number of rotatable bonds is 4. The van der Waals surface area contributed by atoms with Crippen molar-refractivity contribution in [3.05, 3.63) is 86.6 Å². The fourth-order valence-electron chi connectivity index (χ4n) is 4.42. The Bertz CT molecular complexity index is 1480. The molecule has 3 heterocycles. The molecule has 1 aliphatic rings. The fraction of sp³-hybridized carbons (Fsp3) is 0.174. The molecular formula is C23H16Cl2F3N5O2. The fourth-order valence-corrected chi connectivity index (χ4v) is 4.84. The third-order valence-electron chi connectivity index (χ3n) is 6.04. The number of nitrogen functional groups attached to an aromatic ring is 1. The lowest BCUT2D eigenvalue weighted by atomic mass is 9.97. The van der Waals surface area contributed by atoms with Gasteiger partial charge in [-0.3, -0.25) is 0 Å². The third-order valence-corrected chi connectivity index (χ3v) is 6.62. The van der Waals surface area contributed by atoms with Gasteiger partial charge in [-0.05, 0) is 37.1 Å². The van der Waals surface area contributed by atoms with Crippen LogP contribution in [0.15, 0.2) is 42.7 Å². The molecule has 1 unspecified atom stereocenters. The lowest BCUT2D eigenvalue weighted by Gasteiger charge is -2.20. The number of aliphatic hydroxyl groups is 1. The van der Waals surface area contributed by atoms with E-state index in [0.29, 0.717) is 21.6 Å². The number of pyridine rings is 2. The molecule has 4 N–H and O–H groups in total. The van der Waals surface area contributed by atoms with E-state index >= 15 is 0 Å². The molecule has 12 heteroatoms. The van der Waals surface area contributed by atoms with Crippen molar-refractivity contribution >= 4 is 29.0 Å². The molecule has 1 atom stereocenters. The van der Waals surface area contributed by atoms with E-state index in [4.69, 9.17) is 28.9 Å². The maximum absolute atomic E-state index is 14.8. The Morgan fingerprint density at radius 2 is 2.00 bits per heavy atom. The number of nitrogens with zero attached hydrogens (tertiary/aromatic N) is 3. The Morgan fingerprint density at radius 3 is 2.71 bits per heavy atom. The Labute approximate surface area is 206 Å². The van der Waals surface area contributed by atoms with Gasteiger partial charge in [0.25, 0.3) is 6.43 Å². The minimum atomic E-state index is -2.99. The van der Waals surface area contributed by atoms with Crippen molar-refractivity contribution in [3.8, 4) is 22.4 Å². The zero-order valence-corrected chi connectivity index (χ0v) is 19.2. The predicted octanol–water partition coefficient (Wildman–Crippen LogP) is 4.92. The second-order valence-corrected chi connectivity index (χ2v) is 8.90. The number of aromatic nitrogens is 4. The Balaban J connectivity index is 1.59. The van der Waals surface area contributed by atoms with Crippen LogP contribution in [0.1, 0.15) is 35.5 Å². The van der Waals surface area contributed by atoms with Gasteiger partial charge in [-0.15, -0.1) is 0 Å². The van der Waals surface area contributed by atoms with E-state index < -0.39 is 29.0 Å². The van der Waals surface area contributed by atoms with Crippen LogP contribution in [-0.2, 0) is 12.0 Å². The van der Waals surface area contributed by atoms with Gasteiger partial charge in [0, 0.05) is 22.3 Å². The van der Waals surface area contributed by atoms with Crippen LogP contribution in [0.5, 0.6) is 0 Å². The van der Waals surface area contributed by atoms with Crippen LogP contribution in [-0.4, -0.2) is 20.1 Å². The number of anilines is 1. The molecule has 0 saturated carbocycles. The first-order valence-electron chi connectivity index (χ1n) is 10.3. The van der Waals surface area contributed by atoms with Gasteiger partial charge in [-0.2, -0.15) is 4.73 Å². The van der Waals surface area contributed by atoms with Crippen LogP contribution in [0.25, 0.3) is 22.4 Å². The van der Waals surface area contributed by atoms with Crippen LogP contribution in [0.3, 0.4) is 0 Å². The van der Waals surface area contributed by atoms with Crippen LogP contribution in [0.4, 0.5) is 19.0 Å². The quantitative estimate of drug-likeness (QED) is 0.200. The van der Waals surface area contributed by atoms with E-state index in [2.05, 4.69) is 15.0 Å². The maximum atomic E-state index is 14.8. The molecule has 0 aliphatic heterocycles. The zero-order valence-electron chi connectivity index (χ0n) is 17.7. The first kappa shape index (κ1) is 23.4. The predicted molar refractivity (Wildman–Crippen MR) is 123 cm³/mol. The van der Waals surface area contributed by atoms with E-state index in [-0.39, 0.29) is 45.9 Å². The molecule has 4 aromatic rings. The number of nitrogens with one attached hydrogen (secondary N) is 1. The highest BCUT2D eigenvalue weighted by molar-refractivity contribution is 6.32. The standard InChI is InChI=1S/C23H16Cl2F3N5O2/c24-14-3-1-13(21(27)28)17(18(14)26)11-7-10-5-6-23(34,19(10)33(35)9-11)22-30-8-15(31-22)12-2-4-16(29)32-20(12)25/h1-4,7-9,21,34H,5-6H2,(H2,29,32)(H,30,31). The number of nitrogens with two attached hydrogens (primary N) is 1. The summed E-state index contributed by atoms with van der Waals surface area (Å²) in [5, 5.41) is 24.3. The summed E-state index contributed by atoms with van der Waals surface area (Å²) < 4.78 is 42.3. The summed E-state index contributed by atoms with van der Waals surface area (Å²) in [5.41, 5.74) is 3.96. The Kier molecular flexibility index (Phi) is 5.62. The molecule has 0 radical (unpaired) electrons. The third kappa shape index (κ3) is 3.78. The second kappa shape index (κ2) is 8.40. The Hall–Kier alpha value is -3.34. The van der Waals surface area contributed by atoms with Crippen LogP contribution < -0.4 is 10.5 Å². The van der Waals surface area contributed by atoms with Crippen molar-refractivity contribution < 1.29 is 23.0 Å². The van der Waals surface area contributed by atoms with Gasteiger partial charge >= 0.3 is 0 Å². The number of aryl methyl sites for hydroxylation is 1. The number of fused-ring (bicyclic) bond motifs is 1. The Morgan fingerprint density at radius 1 is 1.23 bits per heavy atom. The van der Waals surface area contributed by atoms with Gasteiger partial charge in [-0.1, -0.05) is 29.3 Å². The summed E-state index contributed by atoms with van der Waals surface area (Å²) >= 11 is 12.0. The largest absolute Gasteiger partial charge is 0.618 e. The van der Waals surface area contributed by atoms with Crippen molar-refractivity contribution in [2.75, 3.05) is 5.73 Å².